The van der Waals surface area contributed by atoms with Crippen LogP contribution in [0.25, 0.3) is 28.0 Å². The summed E-state index contributed by atoms with van der Waals surface area (Å²) in [5.74, 6) is 0.816. The highest BCUT2D eigenvalue weighted by Crippen LogP contribution is 2.40. The highest BCUT2D eigenvalue weighted by Gasteiger charge is 2.30. The zero-order chi connectivity index (χ0) is 25.3. The number of rotatable bonds is 4. The second-order valence-corrected chi connectivity index (χ2v) is 8.53. The van der Waals surface area contributed by atoms with E-state index in [0.29, 0.717) is 18.4 Å². The van der Waals surface area contributed by atoms with Crippen LogP contribution >= 0.6 is 0 Å². The first-order valence-corrected chi connectivity index (χ1v) is 10.5. The van der Waals surface area contributed by atoms with E-state index in [1.807, 2.05) is 75.0 Å². The standard InChI is InChI=1S/C27H30N3/c1-17(2)10-11-20-12-13-24(29(5)16-20)26-19(4)18(3)14-21-15-25-28-22-8-6-7-9-23(22)30(25)27(21)26/h6-9,12-14,16-17H,10-11,15H2,1-5H3/q+1/i3D3,10D2. The fraction of sp³-hybridized carbons (Fsp3) is 0.333. The molecule has 3 heterocycles. The number of pyridine rings is 1. The van der Waals surface area contributed by atoms with Crippen molar-refractivity contribution in [1.29, 1.82) is 0 Å². The van der Waals surface area contributed by atoms with E-state index in [1.165, 1.54) is 0 Å². The first-order chi connectivity index (χ1) is 16.4. The van der Waals surface area contributed by atoms with Crippen molar-refractivity contribution >= 4 is 11.0 Å². The summed E-state index contributed by atoms with van der Waals surface area (Å²) in [6.07, 6.45) is 1.56. The van der Waals surface area contributed by atoms with Gasteiger partial charge in [0.25, 0.3) is 0 Å². The molecular formula is C27H30N3+. The third-order valence-corrected chi connectivity index (χ3v) is 6.01. The van der Waals surface area contributed by atoms with Crippen LogP contribution in [0.2, 0.25) is 0 Å². The van der Waals surface area contributed by atoms with E-state index in [4.69, 9.17) is 11.8 Å². The zero-order valence-corrected chi connectivity index (χ0v) is 18.0. The van der Waals surface area contributed by atoms with Crippen LogP contribution in [0.3, 0.4) is 0 Å². The highest BCUT2D eigenvalue weighted by molar-refractivity contribution is 5.85. The van der Waals surface area contributed by atoms with Crippen LogP contribution in [0.4, 0.5) is 0 Å². The maximum absolute atomic E-state index is 8.36. The Balaban J connectivity index is 1.75. The molecule has 0 spiro atoms. The Morgan fingerprint density at radius 1 is 1.23 bits per heavy atom. The molecule has 1 aliphatic heterocycles. The number of hydrogen-bond donors (Lipinski definition) is 0. The monoisotopic (exact) mass is 401 g/mol. The number of fused-ring (bicyclic) bond motifs is 5. The minimum atomic E-state index is -2.23. The summed E-state index contributed by atoms with van der Waals surface area (Å²) in [5.41, 5.74) is 7.66. The molecule has 152 valence electrons. The lowest BCUT2D eigenvalue weighted by Gasteiger charge is -2.16. The largest absolute Gasteiger partial charge is 0.295 e. The Bertz CT molecular complexity index is 1460. The molecule has 0 atom stereocenters. The van der Waals surface area contributed by atoms with E-state index in [0.717, 1.165) is 50.5 Å². The third-order valence-electron chi connectivity index (χ3n) is 6.01. The van der Waals surface area contributed by atoms with Crippen molar-refractivity contribution in [2.75, 3.05) is 0 Å². The van der Waals surface area contributed by atoms with Gasteiger partial charge < -0.3 is 0 Å². The van der Waals surface area contributed by atoms with Gasteiger partial charge in [0.05, 0.1) is 22.3 Å². The topological polar surface area (TPSA) is 21.7 Å². The second-order valence-electron chi connectivity index (χ2n) is 8.53. The van der Waals surface area contributed by atoms with Gasteiger partial charge in [-0.2, -0.15) is 0 Å². The molecule has 0 bridgehead atoms. The van der Waals surface area contributed by atoms with Crippen LogP contribution in [0, 0.1) is 19.7 Å². The van der Waals surface area contributed by atoms with Gasteiger partial charge in [0.2, 0.25) is 5.69 Å². The van der Waals surface area contributed by atoms with Crippen LogP contribution in [0.5, 0.6) is 0 Å². The summed E-state index contributed by atoms with van der Waals surface area (Å²) in [4.78, 5) is 4.83. The number of aromatic nitrogens is 3. The molecule has 3 heteroatoms. The molecule has 0 amide bonds. The normalized spacial score (nSPS) is 16.0. The molecule has 0 fully saturated rings. The van der Waals surface area contributed by atoms with Gasteiger partial charge in [-0.3, -0.25) is 4.57 Å². The lowest BCUT2D eigenvalue weighted by Crippen LogP contribution is -2.32. The maximum atomic E-state index is 8.36. The van der Waals surface area contributed by atoms with Crippen molar-refractivity contribution in [2.45, 2.75) is 46.8 Å². The molecule has 0 radical (unpaired) electrons. The highest BCUT2D eigenvalue weighted by atomic mass is 15.1. The minimum Gasteiger partial charge on any atom is -0.295 e. The molecule has 0 saturated heterocycles. The van der Waals surface area contributed by atoms with Gasteiger partial charge in [0.15, 0.2) is 6.20 Å². The Kier molecular flexibility index (Phi) is 3.34. The molecule has 5 rings (SSSR count). The Hall–Kier alpha value is -2.94. The van der Waals surface area contributed by atoms with Gasteiger partial charge in [-0.15, -0.1) is 0 Å². The fourth-order valence-corrected chi connectivity index (χ4v) is 4.49. The lowest BCUT2D eigenvalue weighted by atomic mass is 9.93. The number of benzene rings is 2. The second kappa shape index (κ2) is 7.09. The smallest absolute Gasteiger partial charge is 0.214 e. The summed E-state index contributed by atoms with van der Waals surface area (Å²) in [5, 5.41) is 0. The van der Waals surface area contributed by atoms with E-state index in [9.17, 15) is 0 Å². The molecule has 3 nitrogen and oxygen atoms in total. The van der Waals surface area contributed by atoms with Gasteiger partial charge in [-0.05, 0) is 67.4 Å². The molecule has 0 N–H and O–H groups in total. The maximum Gasteiger partial charge on any atom is 0.214 e. The van der Waals surface area contributed by atoms with Gasteiger partial charge in [0.1, 0.15) is 12.9 Å². The predicted molar refractivity (Wildman–Crippen MR) is 123 cm³/mol. The van der Waals surface area contributed by atoms with Crippen molar-refractivity contribution in [2.24, 2.45) is 13.0 Å². The Morgan fingerprint density at radius 2 is 2.07 bits per heavy atom. The number of nitrogens with zero attached hydrogens (tertiary/aromatic N) is 3. The molecular weight excluding hydrogens is 366 g/mol. The van der Waals surface area contributed by atoms with E-state index in [-0.39, 0.29) is 5.92 Å². The van der Waals surface area contributed by atoms with E-state index < -0.39 is 13.2 Å². The van der Waals surface area contributed by atoms with Gasteiger partial charge in [-0.25, -0.2) is 9.55 Å². The van der Waals surface area contributed by atoms with E-state index >= 15 is 0 Å². The molecule has 0 saturated carbocycles. The molecule has 2 aromatic carbocycles. The van der Waals surface area contributed by atoms with E-state index in [2.05, 4.69) is 10.6 Å². The number of imidazole rings is 1. The molecule has 2 aromatic heterocycles. The van der Waals surface area contributed by atoms with Gasteiger partial charge in [-0.1, -0.05) is 32.0 Å². The lowest BCUT2D eigenvalue weighted by molar-refractivity contribution is -0.660. The Labute approximate surface area is 186 Å². The molecule has 1 aliphatic rings. The van der Waals surface area contributed by atoms with Crippen LogP contribution in [0.1, 0.15) is 55.2 Å². The first kappa shape index (κ1) is 14.1. The van der Waals surface area contributed by atoms with Crippen LogP contribution in [-0.4, -0.2) is 9.55 Å². The van der Waals surface area contributed by atoms with Crippen molar-refractivity contribution < 1.29 is 11.4 Å². The first-order valence-electron chi connectivity index (χ1n) is 13.0. The third kappa shape index (κ3) is 2.96. The number of para-hydroxylation sites is 2. The number of aryl methyl sites for hydroxylation is 3. The Morgan fingerprint density at radius 3 is 2.83 bits per heavy atom. The molecule has 30 heavy (non-hydrogen) atoms. The van der Waals surface area contributed by atoms with Crippen LogP contribution < -0.4 is 4.57 Å². The average molecular weight is 402 g/mol. The summed E-state index contributed by atoms with van der Waals surface area (Å²) in [6, 6.07) is 13.8. The summed E-state index contributed by atoms with van der Waals surface area (Å²) in [6.45, 7) is 3.45. The molecule has 4 aromatic rings. The van der Waals surface area contributed by atoms with Crippen molar-refractivity contribution in [3.8, 4) is 16.9 Å². The van der Waals surface area contributed by atoms with Crippen LogP contribution in [0.15, 0.2) is 48.7 Å². The van der Waals surface area contributed by atoms with E-state index in [1.54, 1.807) is 0 Å². The van der Waals surface area contributed by atoms with Gasteiger partial charge in [0, 0.05) is 24.9 Å². The predicted octanol–water partition coefficient (Wildman–Crippen LogP) is 5.63. The number of hydrogen-bond acceptors (Lipinski definition) is 1. The molecule has 0 aliphatic carbocycles. The summed E-state index contributed by atoms with van der Waals surface area (Å²) < 4.78 is 45.4. The minimum absolute atomic E-state index is 0.0955. The SMILES string of the molecule is [2H]C([2H])([2H])c1cc2c(c(-c3ccc(CC([2H])([2H])C(C)C)c[n+]3C)c1C)-n1c(nc3ccccc31)C2. The van der Waals surface area contributed by atoms with Gasteiger partial charge >= 0.3 is 0 Å². The molecule has 0 unspecified atom stereocenters. The van der Waals surface area contributed by atoms with Crippen molar-refractivity contribution in [3.63, 3.8) is 0 Å². The summed E-state index contributed by atoms with van der Waals surface area (Å²) in [7, 11) is 1.94. The quantitative estimate of drug-likeness (QED) is 0.358. The fourth-order valence-electron chi connectivity index (χ4n) is 4.49. The van der Waals surface area contributed by atoms with Crippen molar-refractivity contribution in [1.82, 2.24) is 9.55 Å². The van der Waals surface area contributed by atoms with Crippen molar-refractivity contribution in [3.05, 3.63) is 76.7 Å². The summed E-state index contributed by atoms with van der Waals surface area (Å²) >= 11 is 0. The average Bonchev–Trinajstić information content (AvgIpc) is 3.29. The van der Waals surface area contributed by atoms with Crippen LogP contribution in [-0.2, 0) is 19.9 Å². The zero-order valence-electron chi connectivity index (χ0n) is 23.0.